The summed E-state index contributed by atoms with van der Waals surface area (Å²) in [6.45, 7) is 4.59. The van der Waals surface area contributed by atoms with Crippen molar-refractivity contribution in [3.63, 3.8) is 0 Å². The first-order chi connectivity index (χ1) is 14.4. The third kappa shape index (κ3) is 4.49. The van der Waals surface area contributed by atoms with Crippen molar-refractivity contribution in [2.45, 2.75) is 45.7 Å². The molecule has 0 spiro atoms. The van der Waals surface area contributed by atoms with Crippen molar-refractivity contribution in [2.75, 3.05) is 6.54 Å². The molecule has 0 atom stereocenters. The Morgan fingerprint density at radius 2 is 1.87 bits per heavy atom. The van der Waals surface area contributed by atoms with E-state index in [1.54, 1.807) is 16.7 Å². The van der Waals surface area contributed by atoms with Crippen molar-refractivity contribution in [3.05, 3.63) is 74.7 Å². The van der Waals surface area contributed by atoms with E-state index in [0.29, 0.717) is 17.4 Å². The van der Waals surface area contributed by atoms with Crippen LogP contribution < -0.4 is 11.0 Å². The summed E-state index contributed by atoms with van der Waals surface area (Å²) in [4.78, 5) is 25.3. The van der Waals surface area contributed by atoms with Crippen LogP contribution in [0.1, 0.15) is 35.6 Å². The van der Waals surface area contributed by atoms with Crippen LogP contribution in [0, 0.1) is 13.8 Å². The molecule has 7 heteroatoms. The SMILES string of the molecule is Cc1ccc(CCNC(=O)Cn2nc(-c3ccc(Cl)cc3)n(C3CC3)c2=O)cc1C. The lowest BCUT2D eigenvalue weighted by Crippen LogP contribution is -2.34. The summed E-state index contributed by atoms with van der Waals surface area (Å²) in [5, 5.41) is 7.98. The summed E-state index contributed by atoms with van der Waals surface area (Å²) in [5.41, 5.74) is 4.25. The molecule has 0 bridgehead atoms. The van der Waals surface area contributed by atoms with Crippen molar-refractivity contribution in [1.29, 1.82) is 0 Å². The van der Waals surface area contributed by atoms with Gasteiger partial charge in [0.1, 0.15) is 6.54 Å². The summed E-state index contributed by atoms with van der Waals surface area (Å²) < 4.78 is 2.96. The van der Waals surface area contributed by atoms with Gasteiger partial charge in [0.25, 0.3) is 0 Å². The lowest BCUT2D eigenvalue weighted by atomic mass is 10.0. The molecule has 1 amide bonds. The molecular formula is C23H25ClN4O2. The number of hydrogen-bond acceptors (Lipinski definition) is 3. The first-order valence-corrected chi connectivity index (χ1v) is 10.6. The molecule has 3 aromatic rings. The second kappa shape index (κ2) is 8.48. The predicted octanol–water partition coefficient (Wildman–Crippen LogP) is 3.68. The van der Waals surface area contributed by atoms with Gasteiger partial charge < -0.3 is 5.32 Å². The van der Waals surface area contributed by atoms with Gasteiger partial charge in [0, 0.05) is 23.2 Å². The molecule has 0 radical (unpaired) electrons. The fourth-order valence-corrected chi connectivity index (χ4v) is 3.60. The van der Waals surface area contributed by atoms with Gasteiger partial charge in [-0.3, -0.25) is 9.36 Å². The number of nitrogens with zero attached hydrogens (tertiary/aromatic N) is 3. The number of halogens is 1. The summed E-state index contributed by atoms with van der Waals surface area (Å²) in [6, 6.07) is 13.7. The fraction of sp³-hybridized carbons (Fsp3) is 0.348. The maximum Gasteiger partial charge on any atom is 0.346 e. The lowest BCUT2D eigenvalue weighted by molar-refractivity contribution is -0.121. The van der Waals surface area contributed by atoms with Gasteiger partial charge in [-0.15, -0.1) is 5.10 Å². The number of benzene rings is 2. The Hall–Kier alpha value is -2.86. The van der Waals surface area contributed by atoms with Gasteiger partial charge in [-0.1, -0.05) is 29.8 Å². The average Bonchev–Trinajstić information content (AvgIpc) is 3.50. The molecule has 1 aliphatic rings. The van der Waals surface area contributed by atoms with Crippen LogP contribution >= 0.6 is 11.6 Å². The van der Waals surface area contributed by atoms with E-state index >= 15 is 0 Å². The summed E-state index contributed by atoms with van der Waals surface area (Å²) in [6.07, 6.45) is 2.65. The van der Waals surface area contributed by atoms with Gasteiger partial charge in [0.15, 0.2) is 5.82 Å². The molecule has 0 aliphatic heterocycles. The van der Waals surface area contributed by atoms with Gasteiger partial charge in [-0.25, -0.2) is 9.48 Å². The topological polar surface area (TPSA) is 68.9 Å². The fourth-order valence-electron chi connectivity index (χ4n) is 3.48. The largest absolute Gasteiger partial charge is 0.354 e. The standard InChI is InChI=1S/C23H25ClN4O2/c1-15-3-4-17(13-16(15)2)11-12-25-21(29)14-27-23(30)28(20-9-10-20)22(26-27)18-5-7-19(24)8-6-18/h3-8,13,20H,9-12,14H2,1-2H3,(H,25,29). The van der Waals surface area contributed by atoms with Gasteiger partial charge in [0.05, 0.1) is 0 Å². The zero-order chi connectivity index (χ0) is 21.3. The van der Waals surface area contributed by atoms with Gasteiger partial charge in [-0.05, 0) is 74.1 Å². The average molecular weight is 425 g/mol. The molecule has 30 heavy (non-hydrogen) atoms. The summed E-state index contributed by atoms with van der Waals surface area (Å²) >= 11 is 5.98. The van der Waals surface area contributed by atoms with E-state index in [9.17, 15) is 9.59 Å². The first-order valence-electron chi connectivity index (χ1n) is 10.2. The predicted molar refractivity (Wildman–Crippen MR) is 118 cm³/mol. The number of aromatic nitrogens is 3. The van der Waals surface area contributed by atoms with E-state index in [1.165, 1.54) is 21.4 Å². The highest BCUT2D eigenvalue weighted by Crippen LogP contribution is 2.36. The Bertz CT molecular complexity index is 1130. The van der Waals surface area contributed by atoms with Gasteiger partial charge in [-0.2, -0.15) is 0 Å². The van der Waals surface area contributed by atoms with Crippen LogP contribution in [-0.2, 0) is 17.8 Å². The highest BCUT2D eigenvalue weighted by atomic mass is 35.5. The Morgan fingerprint density at radius 3 is 2.53 bits per heavy atom. The summed E-state index contributed by atoms with van der Waals surface area (Å²) in [7, 11) is 0. The molecule has 4 rings (SSSR count). The second-order valence-corrected chi connectivity index (χ2v) is 8.33. The number of amides is 1. The zero-order valence-electron chi connectivity index (χ0n) is 17.2. The zero-order valence-corrected chi connectivity index (χ0v) is 17.9. The molecule has 1 fully saturated rings. The normalized spacial score (nSPS) is 13.4. The van der Waals surface area contributed by atoms with Gasteiger partial charge in [0.2, 0.25) is 5.91 Å². The molecule has 0 saturated heterocycles. The quantitative estimate of drug-likeness (QED) is 0.629. The Balaban J connectivity index is 1.44. The van der Waals surface area contributed by atoms with Crippen LogP contribution in [0.5, 0.6) is 0 Å². The molecule has 1 aromatic heterocycles. The second-order valence-electron chi connectivity index (χ2n) is 7.89. The van der Waals surface area contributed by atoms with E-state index < -0.39 is 0 Å². The number of carbonyl (C=O) groups excluding carboxylic acids is 1. The van der Waals surface area contributed by atoms with E-state index in [2.05, 4.69) is 42.5 Å². The van der Waals surface area contributed by atoms with Crippen molar-refractivity contribution < 1.29 is 4.79 Å². The van der Waals surface area contributed by atoms with Crippen LogP contribution in [0.4, 0.5) is 0 Å². The van der Waals surface area contributed by atoms with Crippen LogP contribution in [0.3, 0.4) is 0 Å². The molecule has 6 nitrogen and oxygen atoms in total. The molecular weight excluding hydrogens is 400 g/mol. The Labute approximate surface area is 180 Å². The Morgan fingerprint density at radius 1 is 1.13 bits per heavy atom. The van der Waals surface area contributed by atoms with Gasteiger partial charge >= 0.3 is 5.69 Å². The van der Waals surface area contributed by atoms with Crippen LogP contribution in [-0.4, -0.2) is 26.8 Å². The molecule has 156 valence electrons. The summed E-state index contributed by atoms with van der Waals surface area (Å²) in [5.74, 6) is 0.367. The minimum absolute atomic E-state index is 0.0912. The highest BCUT2D eigenvalue weighted by molar-refractivity contribution is 6.30. The van der Waals surface area contributed by atoms with E-state index in [4.69, 9.17) is 11.6 Å². The number of carbonyl (C=O) groups is 1. The molecule has 0 unspecified atom stereocenters. The van der Waals surface area contributed by atoms with Crippen molar-refractivity contribution in [3.8, 4) is 11.4 Å². The van der Waals surface area contributed by atoms with Crippen LogP contribution in [0.15, 0.2) is 47.3 Å². The van der Waals surface area contributed by atoms with Crippen LogP contribution in [0.25, 0.3) is 11.4 Å². The number of aryl methyl sites for hydroxylation is 2. The third-order valence-corrected chi connectivity index (χ3v) is 5.74. The maximum absolute atomic E-state index is 12.9. The van der Waals surface area contributed by atoms with Crippen LogP contribution in [0.2, 0.25) is 5.02 Å². The molecule has 1 saturated carbocycles. The number of hydrogen-bond donors (Lipinski definition) is 1. The minimum Gasteiger partial charge on any atom is -0.354 e. The Kier molecular flexibility index (Phi) is 5.77. The smallest absolute Gasteiger partial charge is 0.346 e. The van der Waals surface area contributed by atoms with Crippen molar-refractivity contribution in [2.24, 2.45) is 0 Å². The molecule has 1 N–H and O–H groups in total. The van der Waals surface area contributed by atoms with Crippen molar-refractivity contribution in [1.82, 2.24) is 19.7 Å². The molecule has 1 aliphatic carbocycles. The van der Waals surface area contributed by atoms with E-state index in [1.807, 2.05) is 12.1 Å². The molecule has 2 aromatic carbocycles. The van der Waals surface area contributed by atoms with E-state index in [-0.39, 0.29) is 24.2 Å². The maximum atomic E-state index is 12.9. The van der Waals surface area contributed by atoms with E-state index in [0.717, 1.165) is 24.8 Å². The number of nitrogens with one attached hydrogen (secondary N) is 1. The third-order valence-electron chi connectivity index (χ3n) is 5.49. The lowest BCUT2D eigenvalue weighted by Gasteiger charge is -2.07. The highest BCUT2D eigenvalue weighted by Gasteiger charge is 2.30. The molecule has 1 heterocycles. The minimum atomic E-state index is -0.244. The first kappa shape index (κ1) is 20.4. The van der Waals surface area contributed by atoms with Crippen molar-refractivity contribution >= 4 is 17.5 Å². The number of rotatable bonds is 7. The monoisotopic (exact) mass is 424 g/mol.